The van der Waals surface area contributed by atoms with Gasteiger partial charge in [0.15, 0.2) is 0 Å². The Labute approximate surface area is 248 Å². The number of aromatic nitrogens is 2. The normalized spacial score (nSPS) is 15.3. The molecular weight excluding hydrogens is 508 g/mol. The van der Waals surface area contributed by atoms with Crippen LogP contribution in [0.1, 0.15) is 68.5 Å². The van der Waals surface area contributed by atoms with E-state index in [9.17, 15) is 0 Å². The fraction of sp³-hybridized carbons (Fsp3) is 0.250. The van der Waals surface area contributed by atoms with Gasteiger partial charge in [-0.15, -0.1) is 0 Å². The minimum Gasteiger partial charge on any atom is -0.251 e. The van der Waals surface area contributed by atoms with Gasteiger partial charge in [0.1, 0.15) is 0 Å². The molecular formula is C40H36N2. The van der Waals surface area contributed by atoms with Crippen molar-refractivity contribution in [2.24, 2.45) is 0 Å². The van der Waals surface area contributed by atoms with Crippen molar-refractivity contribution < 1.29 is 0 Å². The van der Waals surface area contributed by atoms with E-state index in [4.69, 9.17) is 9.97 Å². The Morgan fingerprint density at radius 2 is 1.29 bits per heavy atom. The summed E-state index contributed by atoms with van der Waals surface area (Å²) in [5, 5.41) is 2.32. The second-order valence-corrected chi connectivity index (χ2v) is 12.2. The molecule has 2 aliphatic carbocycles. The maximum atomic E-state index is 5.11. The van der Waals surface area contributed by atoms with E-state index in [2.05, 4.69) is 111 Å². The zero-order valence-electron chi connectivity index (χ0n) is 24.6. The number of aryl methyl sites for hydroxylation is 2. The molecule has 4 aromatic carbocycles. The maximum absolute atomic E-state index is 5.11. The van der Waals surface area contributed by atoms with Gasteiger partial charge in [-0.3, -0.25) is 9.97 Å². The van der Waals surface area contributed by atoms with Gasteiger partial charge < -0.3 is 0 Å². The number of rotatable bonds is 4. The van der Waals surface area contributed by atoms with Gasteiger partial charge in [-0.05, 0) is 94.5 Å². The lowest BCUT2D eigenvalue weighted by Gasteiger charge is -2.36. The van der Waals surface area contributed by atoms with E-state index in [1.807, 2.05) is 0 Å². The minimum atomic E-state index is 0.167. The van der Waals surface area contributed by atoms with E-state index in [0.29, 0.717) is 0 Å². The fourth-order valence-electron chi connectivity index (χ4n) is 7.78. The average Bonchev–Trinajstić information content (AvgIpc) is 3.32. The van der Waals surface area contributed by atoms with Crippen molar-refractivity contribution in [2.75, 3.05) is 0 Å². The molecule has 0 bridgehead atoms. The molecule has 2 aliphatic rings. The zero-order chi connectivity index (χ0) is 28.3. The van der Waals surface area contributed by atoms with Crippen LogP contribution < -0.4 is 0 Å². The van der Waals surface area contributed by atoms with Crippen molar-refractivity contribution in [3.8, 4) is 33.4 Å². The first-order valence-corrected chi connectivity index (χ1v) is 15.8. The van der Waals surface area contributed by atoms with E-state index in [1.165, 1.54) is 70.9 Å². The molecule has 0 unspecified atom stereocenters. The predicted octanol–water partition coefficient (Wildman–Crippen LogP) is 10.5. The molecule has 6 aromatic rings. The van der Waals surface area contributed by atoms with Crippen molar-refractivity contribution in [1.82, 2.24) is 9.97 Å². The van der Waals surface area contributed by atoms with Gasteiger partial charge in [0.2, 0.25) is 0 Å². The van der Waals surface area contributed by atoms with E-state index < -0.39 is 0 Å². The number of fused-ring (bicyclic) bond motifs is 8. The SMILES string of the molecule is CCc1ccc2ccc3c(-c4cccc(-c5ccc6c(c5)C5(CCCCC5)c5ccccc5-6)c4)cc(CC)nc3c2n1. The largest absolute Gasteiger partial charge is 0.251 e. The standard InChI is InChI=1S/C40H36N2/c1-3-30-18-15-26-16-20-34-35(25-31(4-2)42-39(34)38(26)41-30)29-12-10-11-27(23-29)28-17-19-33-32-13-6-7-14-36(32)40(37(33)24-28)21-8-5-9-22-40/h6-7,10-20,23-25H,3-5,8-9,21-22H2,1-2H3. The third kappa shape index (κ3) is 3.85. The maximum Gasteiger partial charge on any atom is 0.0974 e. The first-order chi connectivity index (χ1) is 20.7. The molecule has 2 heterocycles. The highest BCUT2D eigenvalue weighted by Gasteiger charge is 2.43. The van der Waals surface area contributed by atoms with Crippen LogP contribution in [0.25, 0.3) is 55.2 Å². The van der Waals surface area contributed by atoms with Crippen LogP contribution in [0.5, 0.6) is 0 Å². The number of hydrogen-bond donors (Lipinski definition) is 0. The average molecular weight is 545 g/mol. The van der Waals surface area contributed by atoms with Crippen molar-refractivity contribution in [3.05, 3.63) is 120 Å². The van der Waals surface area contributed by atoms with E-state index in [-0.39, 0.29) is 5.41 Å². The van der Waals surface area contributed by atoms with E-state index in [1.54, 1.807) is 11.1 Å². The van der Waals surface area contributed by atoms with Crippen LogP contribution >= 0.6 is 0 Å². The lowest BCUT2D eigenvalue weighted by molar-refractivity contribution is 0.353. The van der Waals surface area contributed by atoms with Crippen LogP contribution in [0, 0.1) is 0 Å². The Morgan fingerprint density at radius 1 is 0.548 bits per heavy atom. The Morgan fingerprint density at radius 3 is 2.14 bits per heavy atom. The third-order valence-corrected chi connectivity index (χ3v) is 9.96. The summed E-state index contributed by atoms with van der Waals surface area (Å²) >= 11 is 0. The Balaban J connectivity index is 1.28. The van der Waals surface area contributed by atoms with Gasteiger partial charge in [0, 0.05) is 27.6 Å². The van der Waals surface area contributed by atoms with Gasteiger partial charge >= 0.3 is 0 Å². The van der Waals surface area contributed by atoms with Crippen molar-refractivity contribution >= 4 is 21.8 Å². The summed E-state index contributed by atoms with van der Waals surface area (Å²) in [6.07, 6.45) is 8.29. The zero-order valence-corrected chi connectivity index (χ0v) is 24.6. The molecule has 0 aliphatic heterocycles. The van der Waals surface area contributed by atoms with Gasteiger partial charge in [-0.25, -0.2) is 0 Å². The number of hydrogen-bond acceptors (Lipinski definition) is 2. The lowest BCUT2D eigenvalue weighted by Crippen LogP contribution is -2.28. The fourth-order valence-corrected chi connectivity index (χ4v) is 7.78. The van der Waals surface area contributed by atoms with Gasteiger partial charge in [-0.2, -0.15) is 0 Å². The van der Waals surface area contributed by atoms with Crippen molar-refractivity contribution in [1.29, 1.82) is 0 Å². The highest BCUT2D eigenvalue weighted by Crippen LogP contribution is 2.56. The highest BCUT2D eigenvalue weighted by molar-refractivity contribution is 6.08. The smallest absolute Gasteiger partial charge is 0.0974 e. The molecule has 0 saturated heterocycles. The van der Waals surface area contributed by atoms with Crippen molar-refractivity contribution in [3.63, 3.8) is 0 Å². The molecule has 2 nitrogen and oxygen atoms in total. The summed E-state index contributed by atoms with van der Waals surface area (Å²) in [5.74, 6) is 0. The molecule has 8 rings (SSSR count). The van der Waals surface area contributed by atoms with E-state index in [0.717, 1.165) is 40.6 Å². The summed E-state index contributed by atoms with van der Waals surface area (Å²) in [5.41, 5.74) is 15.4. The van der Waals surface area contributed by atoms with Crippen LogP contribution in [0.2, 0.25) is 0 Å². The second kappa shape index (κ2) is 9.91. The summed E-state index contributed by atoms with van der Waals surface area (Å²) in [6.45, 7) is 4.35. The van der Waals surface area contributed by atoms with Crippen molar-refractivity contribution in [2.45, 2.75) is 64.2 Å². The Bertz CT molecular complexity index is 1990. The lowest BCUT2D eigenvalue weighted by atomic mass is 9.67. The molecule has 42 heavy (non-hydrogen) atoms. The van der Waals surface area contributed by atoms with Gasteiger partial charge in [0.25, 0.3) is 0 Å². The quantitative estimate of drug-likeness (QED) is 0.206. The van der Waals surface area contributed by atoms with Gasteiger partial charge in [0.05, 0.1) is 11.0 Å². The molecule has 1 saturated carbocycles. The monoisotopic (exact) mass is 544 g/mol. The predicted molar refractivity (Wildman–Crippen MR) is 176 cm³/mol. The van der Waals surface area contributed by atoms with Crippen LogP contribution in [-0.2, 0) is 18.3 Å². The number of pyridine rings is 2. The first kappa shape index (κ1) is 25.4. The molecule has 0 atom stereocenters. The number of benzene rings is 4. The highest BCUT2D eigenvalue weighted by atomic mass is 14.8. The molecule has 2 aromatic heterocycles. The summed E-state index contributed by atoms with van der Waals surface area (Å²) in [6, 6.07) is 36.6. The molecule has 1 fully saturated rings. The third-order valence-electron chi connectivity index (χ3n) is 9.96. The molecule has 206 valence electrons. The van der Waals surface area contributed by atoms with Crippen LogP contribution in [0.4, 0.5) is 0 Å². The summed E-state index contributed by atoms with van der Waals surface area (Å²) in [7, 11) is 0. The van der Waals surface area contributed by atoms with Crippen LogP contribution in [-0.4, -0.2) is 9.97 Å². The molecule has 0 radical (unpaired) electrons. The molecule has 1 spiro atoms. The van der Waals surface area contributed by atoms with Crippen LogP contribution in [0.3, 0.4) is 0 Å². The number of nitrogens with zero attached hydrogens (tertiary/aromatic N) is 2. The topological polar surface area (TPSA) is 25.8 Å². The summed E-state index contributed by atoms with van der Waals surface area (Å²) in [4.78, 5) is 10.1. The second-order valence-electron chi connectivity index (χ2n) is 12.2. The minimum absolute atomic E-state index is 0.167. The molecule has 0 N–H and O–H groups in total. The Hall–Kier alpha value is -4.30. The van der Waals surface area contributed by atoms with Crippen LogP contribution in [0.15, 0.2) is 97.1 Å². The van der Waals surface area contributed by atoms with Gasteiger partial charge in [-0.1, -0.05) is 106 Å². The molecule has 2 heteroatoms. The first-order valence-electron chi connectivity index (χ1n) is 15.8. The summed E-state index contributed by atoms with van der Waals surface area (Å²) < 4.78 is 0. The van der Waals surface area contributed by atoms with E-state index >= 15 is 0 Å². The molecule has 0 amide bonds. The Kier molecular flexibility index (Phi) is 6.00.